The molecule has 1 atom stereocenters. The molecule has 0 unspecified atom stereocenters. The first kappa shape index (κ1) is 19.9. The summed E-state index contributed by atoms with van der Waals surface area (Å²) in [6.07, 6.45) is 2.01. The molecule has 0 radical (unpaired) electrons. The van der Waals surface area contributed by atoms with Crippen LogP contribution in [0.4, 0.5) is 4.79 Å². The van der Waals surface area contributed by atoms with Gasteiger partial charge in [-0.15, -0.1) is 0 Å². The Balaban J connectivity index is 1.67. The van der Waals surface area contributed by atoms with Crippen molar-refractivity contribution in [2.24, 2.45) is 0 Å². The summed E-state index contributed by atoms with van der Waals surface area (Å²) in [6.45, 7) is 7.60. The first-order valence-electron chi connectivity index (χ1n) is 9.08. The zero-order valence-corrected chi connectivity index (χ0v) is 17.5. The molecule has 0 N–H and O–H groups in total. The van der Waals surface area contributed by atoms with Crippen LogP contribution < -0.4 is 4.74 Å². The van der Waals surface area contributed by atoms with Gasteiger partial charge in [0.2, 0.25) is 0 Å². The number of pyridine rings is 1. The molecule has 1 saturated heterocycles. The van der Waals surface area contributed by atoms with E-state index in [1.165, 1.54) is 0 Å². The van der Waals surface area contributed by atoms with E-state index in [9.17, 15) is 4.79 Å². The number of aromatic nitrogens is 1. The SMILES string of the molecule is CC(C)(C)OC(=O)N1CCCO[C@H](COc2cc(Br)cc3ncccc23)C1. The fourth-order valence-corrected chi connectivity index (χ4v) is 3.33. The Bertz CT molecular complexity index is 806. The van der Waals surface area contributed by atoms with E-state index in [-0.39, 0.29) is 12.2 Å². The molecule has 0 aliphatic carbocycles. The molecule has 6 nitrogen and oxygen atoms in total. The molecule has 146 valence electrons. The third-order valence-corrected chi connectivity index (χ3v) is 4.53. The number of carbonyl (C=O) groups excluding carboxylic acids is 1. The highest BCUT2D eigenvalue weighted by molar-refractivity contribution is 9.10. The van der Waals surface area contributed by atoms with Crippen LogP contribution in [0.1, 0.15) is 27.2 Å². The van der Waals surface area contributed by atoms with Gasteiger partial charge in [0.25, 0.3) is 0 Å². The first-order valence-corrected chi connectivity index (χ1v) is 9.88. The van der Waals surface area contributed by atoms with E-state index in [0.29, 0.717) is 26.3 Å². The molecule has 0 bridgehead atoms. The molecule has 0 saturated carbocycles. The molecule has 1 aromatic heterocycles. The van der Waals surface area contributed by atoms with Crippen LogP contribution in [0.3, 0.4) is 0 Å². The van der Waals surface area contributed by atoms with Gasteiger partial charge in [-0.2, -0.15) is 0 Å². The van der Waals surface area contributed by atoms with Crippen molar-refractivity contribution in [1.82, 2.24) is 9.88 Å². The number of nitrogens with zero attached hydrogens (tertiary/aromatic N) is 2. The van der Waals surface area contributed by atoms with Crippen LogP contribution in [-0.2, 0) is 9.47 Å². The van der Waals surface area contributed by atoms with E-state index >= 15 is 0 Å². The third-order valence-electron chi connectivity index (χ3n) is 4.07. The van der Waals surface area contributed by atoms with Gasteiger partial charge >= 0.3 is 6.09 Å². The van der Waals surface area contributed by atoms with Gasteiger partial charge in [-0.1, -0.05) is 15.9 Å². The second-order valence-electron chi connectivity index (χ2n) is 7.56. The number of amides is 1. The standard InChI is InChI=1S/C20H25BrN2O4/c1-20(2,3)27-19(24)23-8-5-9-25-15(12-23)13-26-18-11-14(21)10-17-16(18)6-4-7-22-17/h4,6-7,10-11,15H,5,8-9,12-13H2,1-3H3/t15-/m0/s1. The number of hydrogen-bond donors (Lipinski definition) is 0. The fourth-order valence-electron chi connectivity index (χ4n) is 2.91. The van der Waals surface area contributed by atoms with Crippen molar-refractivity contribution in [3.8, 4) is 5.75 Å². The normalized spacial score (nSPS) is 18.2. The van der Waals surface area contributed by atoms with E-state index in [2.05, 4.69) is 20.9 Å². The maximum absolute atomic E-state index is 12.4. The summed E-state index contributed by atoms with van der Waals surface area (Å²) in [4.78, 5) is 18.5. The molecule has 2 aromatic rings. The Hall–Kier alpha value is -1.86. The van der Waals surface area contributed by atoms with Crippen molar-refractivity contribution < 1.29 is 19.0 Å². The molecule has 1 aliphatic heterocycles. The minimum Gasteiger partial charge on any atom is -0.490 e. The molecule has 1 amide bonds. The van der Waals surface area contributed by atoms with Crippen molar-refractivity contribution in [2.75, 3.05) is 26.3 Å². The molecule has 1 aliphatic rings. The molecule has 27 heavy (non-hydrogen) atoms. The van der Waals surface area contributed by atoms with Crippen molar-refractivity contribution in [2.45, 2.75) is 38.9 Å². The van der Waals surface area contributed by atoms with Gasteiger partial charge in [0.15, 0.2) is 0 Å². The lowest BCUT2D eigenvalue weighted by Crippen LogP contribution is -2.42. The van der Waals surface area contributed by atoms with Crippen LogP contribution in [0.2, 0.25) is 0 Å². The van der Waals surface area contributed by atoms with E-state index < -0.39 is 5.60 Å². The van der Waals surface area contributed by atoms with Gasteiger partial charge in [-0.25, -0.2) is 4.79 Å². The van der Waals surface area contributed by atoms with Gasteiger partial charge in [-0.3, -0.25) is 4.98 Å². The number of carbonyl (C=O) groups is 1. The summed E-state index contributed by atoms with van der Waals surface area (Å²) >= 11 is 3.50. The molecule has 0 spiro atoms. The monoisotopic (exact) mass is 436 g/mol. The number of benzene rings is 1. The summed E-state index contributed by atoms with van der Waals surface area (Å²) in [5.41, 5.74) is 0.345. The van der Waals surface area contributed by atoms with Crippen LogP contribution in [-0.4, -0.2) is 54.0 Å². The van der Waals surface area contributed by atoms with E-state index in [1.54, 1.807) is 11.1 Å². The third kappa shape index (κ3) is 5.56. The summed E-state index contributed by atoms with van der Waals surface area (Å²) in [5, 5.41) is 0.943. The highest BCUT2D eigenvalue weighted by atomic mass is 79.9. The first-order chi connectivity index (χ1) is 12.8. The van der Waals surface area contributed by atoms with Crippen molar-refractivity contribution in [3.63, 3.8) is 0 Å². The molecule has 1 aromatic carbocycles. The minimum absolute atomic E-state index is 0.217. The molecule has 3 rings (SSSR count). The van der Waals surface area contributed by atoms with E-state index in [4.69, 9.17) is 14.2 Å². The largest absolute Gasteiger partial charge is 0.490 e. The minimum atomic E-state index is -0.515. The predicted molar refractivity (Wildman–Crippen MR) is 107 cm³/mol. The van der Waals surface area contributed by atoms with Gasteiger partial charge in [0.1, 0.15) is 24.1 Å². The van der Waals surface area contributed by atoms with Crippen molar-refractivity contribution >= 4 is 32.9 Å². The number of fused-ring (bicyclic) bond motifs is 1. The average molecular weight is 437 g/mol. The molecule has 2 heterocycles. The van der Waals surface area contributed by atoms with Crippen molar-refractivity contribution in [3.05, 3.63) is 34.9 Å². The average Bonchev–Trinajstić information content (AvgIpc) is 2.84. The maximum atomic E-state index is 12.4. The molecular formula is C20H25BrN2O4. The Morgan fingerprint density at radius 1 is 1.41 bits per heavy atom. The fraction of sp³-hybridized carbons (Fsp3) is 0.500. The number of rotatable bonds is 3. The van der Waals surface area contributed by atoms with Crippen LogP contribution >= 0.6 is 15.9 Å². The van der Waals surface area contributed by atoms with Crippen LogP contribution in [0.15, 0.2) is 34.9 Å². The topological polar surface area (TPSA) is 60.9 Å². The lowest BCUT2D eigenvalue weighted by Gasteiger charge is -2.28. The van der Waals surface area contributed by atoms with Gasteiger partial charge < -0.3 is 19.1 Å². The Morgan fingerprint density at radius 2 is 2.22 bits per heavy atom. The second kappa shape index (κ2) is 8.44. The second-order valence-corrected chi connectivity index (χ2v) is 8.47. The quantitative estimate of drug-likeness (QED) is 0.713. The smallest absolute Gasteiger partial charge is 0.410 e. The van der Waals surface area contributed by atoms with Crippen molar-refractivity contribution in [1.29, 1.82) is 0 Å². The summed E-state index contributed by atoms with van der Waals surface area (Å²) in [6, 6.07) is 7.74. The summed E-state index contributed by atoms with van der Waals surface area (Å²) in [7, 11) is 0. The lowest BCUT2D eigenvalue weighted by atomic mass is 10.2. The van der Waals surface area contributed by atoms with Gasteiger partial charge in [0, 0.05) is 29.2 Å². The summed E-state index contributed by atoms with van der Waals surface area (Å²) in [5.74, 6) is 0.740. The van der Waals surface area contributed by atoms with Gasteiger partial charge in [-0.05, 0) is 51.5 Å². The lowest BCUT2D eigenvalue weighted by molar-refractivity contribution is 0.00303. The highest BCUT2D eigenvalue weighted by Crippen LogP contribution is 2.29. The van der Waals surface area contributed by atoms with Gasteiger partial charge in [0.05, 0.1) is 12.1 Å². The number of hydrogen-bond acceptors (Lipinski definition) is 5. The maximum Gasteiger partial charge on any atom is 0.410 e. The van der Waals surface area contributed by atoms with E-state index in [1.807, 2.05) is 45.0 Å². The summed E-state index contributed by atoms with van der Waals surface area (Å²) < 4.78 is 18.3. The number of halogens is 1. The predicted octanol–water partition coefficient (Wildman–Crippen LogP) is 4.40. The van der Waals surface area contributed by atoms with E-state index in [0.717, 1.165) is 27.5 Å². The Labute approximate surface area is 167 Å². The van der Waals surface area contributed by atoms with Crippen LogP contribution in [0.25, 0.3) is 10.9 Å². The Morgan fingerprint density at radius 3 is 3.00 bits per heavy atom. The molecule has 7 heteroatoms. The highest BCUT2D eigenvalue weighted by Gasteiger charge is 2.27. The number of ether oxygens (including phenoxy) is 3. The van der Waals surface area contributed by atoms with Crippen LogP contribution in [0, 0.1) is 0 Å². The zero-order chi connectivity index (χ0) is 19.4. The zero-order valence-electron chi connectivity index (χ0n) is 15.9. The molecular weight excluding hydrogens is 412 g/mol. The Kier molecular flexibility index (Phi) is 6.22. The molecule has 1 fully saturated rings. The van der Waals surface area contributed by atoms with Crippen LogP contribution in [0.5, 0.6) is 5.75 Å².